The van der Waals surface area contributed by atoms with Crippen molar-refractivity contribution in [2.45, 2.75) is 13.2 Å². The summed E-state index contributed by atoms with van der Waals surface area (Å²) < 4.78 is 25.5. The van der Waals surface area contributed by atoms with Gasteiger partial charge in [0.25, 0.3) is 0 Å². The van der Waals surface area contributed by atoms with Gasteiger partial charge in [0, 0.05) is 20.8 Å². The monoisotopic (exact) mass is 222 g/mol. The molecule has 0 aromatic rings. The number of methoxy groups -OCH3 is 2. The first-order valence-electron chi connectivity index (χ1n) is 5.14. The molecule has 0 unspecified atom stereocenters. The van der Waals surface area contributed by atoms with Gasteiger partial charge in [-0.15, -0.1) is 0 Å². The van der Waals surface area contributed by atoms with Gasteiger partial charge in [-0.3, -0.25) is 0 Å². The van der Waals surface area contributed by atoms with Crippen molar-refractivity contribution in [1.82, 2.24) is 0 Å². The SMILES string of the molecule is CCOCCOCCOCC(OC)OC. The van der Waals surface area contributed by atoms with Crippen LogP contribution in [-0.4, -0.2) is 60.2 Å². The Bertz CT molecular complexity index is 116. The minimum atomic E-state index is -0.298. The zero-order chi connectivity index (χ0) is 11.4. The molecule has 0 bridgehead atoms. The van der Waals surface area contributed by atoms with Crippen molar-refractivity contribution in [3.63, 3.8) is 0 Å². The molecule has 0 fully saturated rings. The van der Waals surface area contributed by atoms with Crippen LogP contribution < -0.4 is 0 Å². The summed E-state index contributed by atoms with van der Waals surface area (Å²) in [6.07, 6.45) is -0.298. The molecule has 5 nitrogen and oxygen atoms in total. The van der Waals surface area contributed by atoms with Gasteiger partial charge >= 0.3 is 0 Å². The quantitative estimate of drug-likeness (QED) is 0.380. The third kappa shape index (κ3) is 10.1. The van der Waals surface area contributed by atoms with Gasteiger partial charge in [0.2, 0.25) is 0 Å². The normalized spacial score (nSPS) is 11.2. The van der Waals surface area contributed by atoms with E-state index in [9.17, 15) is 0 Å². The van der Waals surface area contributed by atoms with Crippen LogP contribution in [0.2, 0.25) is 0 Å². The highest BCUT2D eigenvalue weighted by Gasteiger charge is 2.03. The molecular formula is C10H22O5. The minimum absolute atomic E-state index is 0.298. The zero-order valence-electron chi connectivity index (χ0n) is 9.86. The summed E-state index contributed by atoms with van der Waals surface area (Å²) in [5.74, 6) is 0. The van der Waals surface area contributed by atoms with E-state index in [1.807, 2.05) is 6.92 Å². The van der Waals surface area contributed by atoms with Crippen LogP contribution in [-0.2, 0) is 23.7 Å². The minimum Gasteiger partial charge on any atom is -0.379 e. The summed E-state index contributed by atoms with van der Waals surface area (Å²) in [7, 11) is 3.16. The molecule has 0 aliphatic heterocycles. The Morgan fingerprint density at radius 2 is 1.33 bits per heavy atom. The highest BCUT2D eigenvalue weighted by molar-refractivity contribution is 4.39. The van der Waals surface area contributed by atoms with Crippen LogP contribution in [0, 0.1) is 0 Å². The molecule has 0 spiro atoms. The standard InChI is InChI=1S/C10H22O5/c1-4-13-5-6-14-7-8-15-9-10(11-2)12-3/h10H,4-9H2,1-3H3. The Morgan fingerprint density at radius 1 is 0.800 bits per heavy atom. The van der Waals surface area contributed by atoms with Gasteiger partial charge in [0.15, 0.2) is 6.29 Å². The average molecular weight is 222 g/mol. The topological polar surface area (TPSA) is 46.2 Å². The molecule has 0 aliphatic rings. The molecule has 0 aromatic carbocycles. The largest absolute Gasteiger partial charge is 0.379 e. The van der Waals surface area contributed by atoms with Crippen LogP contribution in [0.4, 0.5) is 0 Å². The van der Waals surface area contributed by atoms with Crippen molar-refractivity contribution in [2.75, 3.05) is 53.9 Å². The predicted octanol–water partition coefficient (Wildman–Crippen LogP) is 0.675. The second-order valence-corrected chi connectivity index (χ2v) is 2.79. The maximum Gasteiger partial charge on any atom is 0.180 e. The maximum atomic E-state index is 5.27. The van der Waals surface area contributed by atoms with Crippen LogP contribution in [0.3, 0.4) is 0 Å². The van der Waals surface area contributed by atoms with Gasteiger partial charge in [0.05, 0.1) is 33.0 Å². The molecule has 92 valence electrons. The number of hydrogen-bond donors (Lipinski definition) is 0. The van der Waals surface area contributed by atoms with Crippen molar-refractivity contribution in [1.29, 1.82) is 0 Å². The van der Waals surface area contributed by atoms with Gasteiger partial charge in [0.1, 0.15) is 0 Å². The number of rotatable bonds is 11. The van der Waals surface area contributed by atoms with Gasteiger partial charge in [-0.2, -0.15) is 0 Å². The lowest BCUT2D eigenvalue weighted by Gasteiger charge is -2.13. The van der Waals surface area contributed by atoms with Crippen LogP contribution >= 0.6 is 0 Å². The third-order valence-electron chi connectivity index (χ3n) is 1.73. The Balaban J connectivity index is 3.04. The van der Waals surface area contributed by atoms with E-state index in [4.69, 9.17) is 23.7 Å². The van der Waals surface area contributed by atoms with Crippen molar-refractivity contribution in [3.05, 3.63) is 0 Å². The summed E-state index contributed by atoms with van der Waals surface area (Å²) in [4.78, 5) is 0. The molecule has 0 amide bonds. The van der Waals surface area contributed by atoms with Crippen LogP contribution in [0.1, 0.15) is 6.92 Å². The molecule has 0 radical (unpaired) electrons. The highest BCUT2D eigenvalue weighted by atomic mass is 16.7. The Hall–Kier alpha value is -0.200. The second-order valence-electron chi connectivity index (χ2n) is 2.79. The lowest BCUT2D eigenvalue weighted by Crippen LogP contribution is -2.21. The molecule has 0 N–H and O–H groups in total. The molecule has 0 atom stereocenters. The summed E-state index contributed by atoms with van der Waals surface area (Å²) in [5.41, 5.74) is 0. The Labute approximate surface area is 91.6 Å². The van der Waals surface area contributed by atoms with Crippen LogP contribution in [0.25, 0.3) is 0 Å². The average Bonchev–Trinajstić information content (AvgIpc) is 2.27. The lowest BCUT2D eigenvalue weighted by atomic mass is 10.6. The highest BCUT2D eigenvalue weighted by Crippen LogP contribution is 1.91. The molecule has 0 aromatic heterocycles. The summed E-state index contributed by atoms with van der Waals surface area (Å²) in [6, 6.07) is 0. The first kappa shape index (κ1) is 14.8. The number of hydrogen-bond acceptors (Lipinski definition) is 5. The number of ether oxygens (including phenoxy) is 5. The molecule has 15 heavy (non-hydrogen) atoms. The molecule has 0 rings (SSSR count). The molecule has 5 heteroatoms. The van der Waals surface area contributed by atoms with Crippen molar-refractivity contribution in [3.8, 4) is 0 Å². The van der Waals surface area contributed by atoms with E-state index < -0.39 is 0 Å². The van der Waals surface area contributed by atoms with Gasteiger partial charge in [-0.05, 0) is 6.92 Å². The smallest absolute Gasteiger partial charge is 0.180 e. The van der Waals surface area contributed by atoms with E-state index in [-0.39, 0.29) is 6.29 Å². The van der Waals surface area contributed by atoms with Crippen molar-refractivity contribution in [2.24, 2.45) is 0 Å². The van der Waals surface area contributed by atoms with E-state index in [0.29, 0.717) is 33.0 Å². The van der Waals surface area contributed by atoms with E-state index in [0.717, 1.165) is 6.61 Å². The molecular weight excluding hydrogens is 200 g/mol. The summed E-state index contributed by atoms with van der Waals surface area (Å²) in [5, 5.41) is 0. The maximum absolute atomic E-state index is 5.27. The van der Waals surface area contributed by atoms with Gasteiger partial charge in [-0.25, -0.2) is 0 Å². The second kappa shape index (κ2) is 11.9. The molecule has 0 saturated carbocycles. The van der Waals surface area contributed by atoms with E-state index in [1.54, 1.807) is 14.2 Å². The fourth-order valence-corrected chi connectivity index (χ4v) is 0.894. The third-order valence-corrected chi connectivity index (χ3v) is 1.73. The first-order chi connectivity index (χ1) is 7.35. The molecule has 0 aliphatic carbocycles. The summed E-state index contributed by atoms with van der Waals surface area (Å²) >= 11 is 0. The fraction of sp³-hybridized carbons (Fsp3) is 1.00. The Morgan fingerprint density at radius 3 is 1.87 bits per heavy atom. The summed E-state index contributed by atoms with van der Waals surface area (Å²) in [6.45, 7) is 5.44. The van der Waals surface area contributed by atoms with Crippen LogP contribution in [0.5, 0.6) is 0 Å². The van der Waals surface area contributed by atoms with Gasteiger partial charge in [-0.1, -0.05) is 0 Å². The first-order valence-corrected chi connectivity index (χ1v) is 5.14. The van der Waals surface area contributed by atoms with E-state index >= 15 is 0 Å². The zero-order valence-corrected chi connectivity index (χ0v) is 9.86. The van der Waals surface area contributed by atoms with Crippen molar-refractivity contribution >= 4 is 0 Å². The predicted molar refractivity (Wildman–Crippen MR) is 55.9 cm³/mol. The van der Waals surface area contributed by atoms with Crippen LogP contribution in [0.15, 0.2) is 0 Å². The van der Waals surface area contributed by atoms with Gasteiger partial charge < -0.3 is 23.7 Å². The molecule has 0 heterocycles. The fourth-order valence-electron chi connectivity index (χ4n) is 0.894. The lowest BCUT2D eigenvalue weighted by molar-refractivity contribution is -0.143. The Kier molecular flexibility index (Phi) is 11.7. The van der Waals surface area contributed by atoms with Crippen molar-refractivity contribution < 1.29 is 23.7 Å². The molecule has 0 saturated heterocycles. The van der Waals surface area contributed by atoms with E-state index in [2.05, 4.69) is 0 Å². The van der Waals surface area contributed by atoms with E-state index in [1.165, 1.54) is 0 Å².